The zero-order chi connectivity index (χ0) is 5.41. The van der Waals surface area contributed by atoms with Crippen molar-refractivity contribution < 1.29 is 10.2 Å². The molecule has 0 N–H and O–H groups in total. The molecule has 3 heteroatoms. The van der Waals surface area contributed by atoms with E-state index in [0.29, 0.717) is 0 Å². The molecule has 0 aliphatic heterocycles. The molecule has 4 radical (unpaired) electrons. The van der Waals surface area contributed by atoms with Crippen LogP contribution in [-0.2, 0) is 0 Å². The van der Waals surface area contributed by atoms with Crippen molar-refractivity contribution in [3.63, 3.8) is 0 Å². The van der Waals surface area contributed by atoms with Gasteiger partial charge < -0.3 is 10.2 Å². The van der Waals surface area contributed by atoms with Crippen molar-refractivity contribution in [2.75, 3.05) is 13.2 Å². The Hall–Kier alpha value is 0.463. The SMILES string of the molecule is CC[O-].CC[O-].[Ge]. The van der Waals surface area contributed by atoms with Crippen LogP contribution in [-0.4, -0.2) is 30.8 Å². The summed E-state index contributed by atoms with van der Waals surface area (Å²) in [4.78, 5) is 0. The summed E-state index contributed by atoms with van der Waals surface area (Å²) in [6, 6.07) is 0. The molecule has 7 heavy (non-hydrogen) atoms. The van der Waals surface area contributed by atoms with Crippen LogP contribution in [0.3, 0.4) is 0 Å². The van der Waals surface area contributed by atoms with Gasteiger partial charge in [-0.3, -0.25) is 0 Å². The standard InChI is InChI=1S/2C2H5O.Ge/c2*1-2-3;/h2*2H2,1H3;/q2*-1;. The van der Waals surface area contributed by atoms with Crippen molar-refractivity contribution in [1.29, 1.82) is 0 Å². The number of hydrogen-bond acceptors (Lipinski definition) is 2. The summed E-state index contributed by atoms with van der Waals surface area (Å²) in [5.74, 6) is 0. The second-order valence-electron chi connectivity index (χ2n) is 0.577. The van der Waals surface area contributed by atoms with Gasteiger partial charge in [-0.15, -0.1) is 13.2 Å². The molecule has 0 amide bonds. The van der Waals surface area contributed by atoms with E-state index in [1.807, 2.05) is 0 Å². The zero-order valence-electron chi connectivity index (χ0n) is 4.73. The van der Waals surface area contributed by atoms with Gasteiger partial charge in [0.2, 0.25) is 0 Å². The number of rotatable bonds is 0. The minimum absolute atomic E-state index is 0. The van der Waals surface area contributed by atoms with Gasteiger partial charge in [-0.25, -0.2) is 0 Å². The third-order valence-corrected chi connectivity index (χ3v) is 0. The summed E-state index contributed by atoms with van der Waals surface area (Å²) >= 11 is 0. The molecular weight excluding hydrogens is 153 g/mol. The Balaban J connectivity index is -0.0000000400. The Morgan fingerprint density at radius 1 is 1.00 bits per heavy atom. The molecule has 44 valence electrons. The van der Waals surface area contributed by atoms with Crippen LogP contribution in [0.15, 0.2) is 0 Å². The molecule has 0 heterocycles. The van der Waals surface area contributed by atoms with E-state index in [0.717, 1.165) is 0 Å². The van der Waals surface area contributed by atoms with E-state index in [1.165, 1.54) is 0 Å². The first-order valence-electron chi connectivity index (χ1n) is 1.99. The fourth-order valence-corrected chi connectivity index (χ4v) is 0. The van der Waals surface area contributed by atoms with Crippen LogP contribution in [0.4, 0.5) is 0 Å². The molecule has 0 fully saturated rings. The molecule has 0 spiro atoms. The Labute approximate surface area is 55.5 Å². The van der Waals surface area contributed by atoms with Crippen LogP contribution in [0.5, 0.6) is 0 Å². The minimum Gasteiger partial charge on any atom is -0.855 e. The maximum absolute atomic E-state index is 8.93. The van der Waals surface area contributed by atoms with E-state index in [1.54, 1.807) is 13.8 Å². The van der Waals surface area contributed by atoms with Crippen LogP contribution >= 0.6 is 0 Å². The predicted octanol–water partition coefficient (Wildman–Crippen LogP) is -1.65. The average molecular weight is 163 g/mol. The monoisotopic (exact) mass is 164 g/mol. The Kier molecular flexibility index (Phi) is 71.1. The maximum atomic E-state index is 8.93. The van der Waals surface area contributed by atoms with E-state index in [2.05, 4.69) is 0 Å². The topological polar surface area (TPSA) is 46.1 Å². The molecule has 2 nitrogen and oxygen atoms in total. The minimum atomic E-state index is 0. The van der Waals surface area contributed by atoms with Crippen molar-refractivity contribution >= 4 is 17.6 Å². The first kappa shape index (κ1) is 15.7. The second kappa shape index (κ2) is 31.8. The molecule has 0 unspecified atom stereocenters. The molecule has 0 atom stereocenters. The summed E-state index contributed by atoms with van der Waals surface area (Å²) < 4.78 is 0. The fraction of sp³-hybridized carbons (Fsp3) is 1.00. The number of hydrogen-bond donors (Lipinski definition) is 0. The first-order valence-corrected chi connectivity index (χ1v) is 1.99. The first-order chi connectivity index (χ1) is 2.83. The van der Waals surface area contributed by atoms with Crippen molar-refractivity contribution in [2.24, 2.45) is 0 Å². The molecule has 0 aromatic carbocycles. The van der Waals surface area contributed by atoms with Gasteiger partial charge in [0.15, 0.2) is 0 Å². The van der Waals surface area contributed by atoms with E-state index < -0.39 is 0 Å². The van der Waals surface area contributed by atoms with Crippen LogP contribution in [0.25, 0.3) is 0 Å². The summed E-state index contributed by atoms with van der Waals surface area (Å²) in [6.45, 7) is 3.14. The molecule has 0 aliphatic carbocycles. The third-order valence-electron chi connectivity index (χ3n) is 0. The van der Waals surface area contributed by atoms with Gasteiger partial charge in [0.1, 0.15) is 0 Å². The van der Waals surface area contributed by atoms with Gasteiger partial charge in [-0.1, -0.05) is 13.8 Å². The van der Waals surface area contributed by atoms with Crippen molar-refractivity contribution in [1.82, 2.24) is 0 Å². The molecule has 0 bridgehead atoms. The van der Waals surface area contributed by atoms with E-state index >= 15 is 0 Å². The molecule has 0 aromatic heterocycles. The average Bonchev–Trinajstić information content (AvgIpc) is 1.39. The van der Waals surface area contributed by atoms with Gasteiger partial charge >= 0.3 is 0 Å². The third kappa shape index (κ3) is 601. The van der Waals surface area contributed by atoms with Crippen LogP contribution in [0.2, 0.25) is 0 Å². The predicted molar refractivity (Wildman–Crippen MR) is 26.8 cm³/mol. The summed E-state index contributed by atoms with van der Waals surface area (Å²) in [7, 11) is 0. The molecule has 0 saturated heterocycles. The smallest absolute Gasteiger partial charge is 0 e. The molecule has 0 rings (SSSR count). The van der Waals surface area contributed by atoms with Gasteiger partial charge in [0.05, 0.1) is 0 Å². The summed E-state index contributed by atoms with van der Waals surface area (Å²) in [5.41, 5.74) is 0. The van der Waals surface area contributed by atoms with Gasteiger partial charge in [-0.05, 0) is 0 Å². The fourth-order valence-electron chi connectivity index (χ4n) is 0. The molecule has 0 saturated carbocycles. The quantitative estimate of drug-likeness (QED) is 0.401. The van der Waals surface area contributed by atoms with E-state index in [-0.39, 0.29) is 30.8 Å². The normalized spacial score (nSPS) is 5.14. The largest absolute Gasteiger partial charge is 0.855 e. The second-order valence-corrected chi connectivity index (χ2v) is 0.577. The van der Waals surface area contributed by atoms with E-state index in [4.69, 9.17) is 10.2 Å². The molecule has 0 aromatic rings. The van der Waals surface area contributed by atoms with Crippen molar-refractivity contribution in [3.8, 4) is 0 Å². The van der Waals surface area contributed by atoms with Gasteiger partial charge in [-0.2, -0.15) is 0 Å². The zero-order valence-corrected chi connectivity index (χ0v) is 6.83. The van der Waals surface area contributed by atoms with Gasteiger partial charge in [0.25, 0.3) is 0 Å². The van der Waals surface area contributed by atoms with Crippen molar-refractivity contribution in [3.05, 3.63) is 0 Å². The van der Waals surface area contributed by atoms with Crippen LogP contribution < -0.4 is 10.2 Å². The van der Waals surface area contributed by atoms with Crippen molar-refractivity contribution in [2.45, 2.75) is 13.8 Å². The molecule has 0 aliphatic rings. The van der Waals surface area contributed by atoms with E-state index in [9.17, 15) is 0 Å². The Bertz CT molecular complexity index is 11.7. The summed E-state index contributed by atoms with van der Waals surface area (Å²) in [6.07, 6.45) is 0. The summed E-state index contributed by atoms with van der Waals surface area (Å²) in [5, 5.41) is 17.9. The van der Waals surface area contributed by atoms with Crippen LogP contribution in [0.1, 0.15) is 13.8 Å². The van der Waals surface area contributed by atoms with Gasteiger partial charge in [0, 0.05) is 17.6 Å². The Morgan fingerprint density at radius 2 is 1.00 bits per heavy atom. The Morgan fingerprint density at radius 3 is 1.00 bits per heavy atom. The van der Waals surface area contributed by atoms with Crippen LogP contribution in [0, 0.1) is 0 Å². The molecular formula is C4H10GeO2-2. The maximum Gasteiger partial charge on any atom is 0 e.